The van der Waals surface area contributed by atoms with Crippen molar-refractivity contribution in [1.29, 1.82) is 5.41 Å². The van der Waals surface area contributed by atoms with Gasteiger partial charge in [0.1, 0.15) is 11.8 Å². The standard InChI is InChI=1S/C16H22ClN5O2/c1-2-3-11(18)14(17)15(19)16(23)22-10-4-5-12(21-8-10)13-9-20-6-7-24-13/h4-5,8,13,19-20H,2-3,6-7,9,18H2,1H3,(H,22,23)/t13-/m1/s1. The molecule has 1 aromatic heterocycles. The smallest absolute Gasteiger partial charge is 0.275 e. The number of anilines is 1. The molecule has 24 heavy (non-hydrogen) atoms. The fourth-order valence-electron chi connectivity index (χ4n) is 2.26. The summed E-state index contributed by atoms with van der Waals surface area (Å²) in [6.07, 6.45) is 2.78. The Morgan fingerprint density at radius 2 is 2.38 bits per heavy atom. The average Bonchev–Trinajstić information content (AvgIpc) is 2.62. The molecule has 0 aromatic carbocycles. The van der Waals surface area contributed by atoms with Crippen LogP contribution in [0.5, 0.6) is 0 Å². The summed E-state index contributed by atoms with van der Waals surface area (Å²) in [5.74, 6) is -0.621. The summed E-state index contributed by atoms with van der Waals surface area (Å²) in [5, 5.41) is 13.6. The molecule has 1 atom stereocenters. The van der Waals surface area contributed by atoms with E-state index in [0.717, 1.165) is 18.7 Å². The minimum absolute atomic E-state index is 0.0133. The lowest BCUT2D eigenvalue weighted by Gasteiger charge is -2.23. The quantitative estimate of drug-likeness (QED) is 0.585. The molecule has 8 heteroatoms. The summed E-state index contributed by atoms with van der Waals surface area (Å²) >= 11 is 5.98. The zero-order chi connectivity index (χ0) is 17.5. The predicted molar refractivity (Wildman–Crippen MR) is 94.1 cm³/mol. The molecule has 1 fully saturated rings. The van der Waals surface area contributed by atoms with Gasteiger partial charge in [-0.25, -0.2) is 0 Å². The Morgan fingerprint density at radius 1 is 1.58 bits per heavy atom. The van der Waals surface area contributed by atoms with Crippen LogP contribution in [-0.2, 0) is 9.53 Å². The van der Waals surface area contributed by atoms with Gasteiger partial charge >= 0.3 is 0 Å². The van der Waals surface area contributed by atoms with Crippen LogP contribution in [0.2, 0.25) is 0 Å². The molecule has 1 saturated heterocycles. The molecule has 0 saturated carbocycles. The second-order valence-corrected chi connectivity index (χ2v) is 5.83. The molecule has 0 unspecified atom stereocenters. The van der Waals surface area contributed by atoms with Gasteiger partial charge < -0.3 is 21.1 Å². The molecule has 1 aromatic rings. The SMILES string of the molecule is CCCC(N)=C(Cl)C(=N)C(=O)Nc1ccc([C@H]2CNCCO2)nc1. The number of nitrogens with two attached hydrogens (primary N) is 1. The Labute approximate surface area is 146 Å². The van der Waals surface area contributed by atoms with Gasteiger partial charge in [0.05, 0.1) is 29.2 Å². The first-order valence-electron chi connectivity index (χ1n) is 7.85. The minimum Gasteiger partial charge on any atom is -0.401 e. The minimum atomic E-state index is -0.621. The summed E-state index contributed by atoms with van der Waals surface area (Å²) in [7, 11) is 0. The number of carbonyl (C=O) groups is 1. The molecule has 1 aliphatic heterocycles. The molecule has 0 spiro atoms. The lowest BCUT2D eigenvalue weighted by atomic mass is 10.2. The second-order valence-electron chi connectivity index (χ2n) is 5.45. The Kier molecular flexibility index (Phi) is 6.72. The van der Waals surface area contributed by atoms with Crippen molar-refractivity contribution < 1.29 is 9.53 Å². The molecule has 0 aliphatic carbocycles. The number of morpholine rings is 1. The molecule has 0 bridgehead atoms. The van der Waals surface area contributed by atoms with Crippen molar-refractivity contribution in [3.05, 3.63) is 34.8 Å². The number of pyridine rings is 1. The molecule has 5 N–H and O–H groups in total. The van der Waals surface area contributed by atoms with E-state index >= 15 is 0 Å². The van der Waals surface area contributed by atoms with Gasteiger partial charge in [-0.3, -0.25) is 15.2 Å². The van der Waals surface area contributed by atoms with Crippen LogP contribution < -0.4 is 16.4 Å². The zero-order valence-corrected chi connectivity index (χ0v) is 14.3. The van der Waals surface area contributed by atoms with E-state index in [-0.39, 0.29) is 16.8 Å². The van der Waals surface area contributed by atoms with Gasteiger partial charge in [0.2, 0.25) is 0 Å². The Bertz CT molecular complexity index is 624. The maximum absolute atomic E-state index is 12.1. The zero-order valence-electron chi connectivity index (χ0n) is 13.6. The molecule has 0 radical (unpaired) electrons. The van der Waals surface area contributed by atoms with Crippen molar-refractivity contribution in [2.75, 3.05) is 25.0 Å². The first-order valence-corrected chi connectivity index (χ1v) is 8.23. The monoisotopic (exact) mass is 351 g/mol. The van der Waals surface area contributed by atoms with Gasteiger partial charge in [-0.15, -0.1) is 0 Å². The Balaban J connectivity index is 1.99. The molecular formula is C16H22ClN5O2. The van der Waals surface area contributed by atoms with Crippen molar-refractivity contribution in [3.63, 3.8) is 0 Å². The van der Waals surface area contributed by atoms with E-state index in [0.29, 0.717) is 31.0 Å². The summed E-state index contributed by atoms with van der Waals surface area (Å²) in [6.45, 7) is 4.13. The highest BCUT2D eigenvalue weighted by Gasteiger charge is 2.18. The van der Waals surface area contributed by atoms with Crippen LogP contribution in [0.15, 0.2) is 29.1 Å². The Morgan fingerprint density at radius 3 is 2.96 bits per heavy atom. The van der Waals surface area contributed by atoms with Crippen LogP contribution in [0.1, 0.15) is 31.6 Å². The molecule has 130 valence electrons. The van der Waals surface area contributed by atoms with Gasteiger partial charge in [-0.1, -0.05) is 24.9 Å². The molecule has 7 nitrogen and oxygen atoms in total. The van der Waals surface area contributed by atoms with E-state index < -0.39 is 5.91 Å². The molecule has 1 amide bonds. The topological polar surface area (TPSA) is 113 Å². The van der Waals surface area contributed by atoms with Crippen LogP contribution in [0.4, 0.5) is 5.69 Å². The number of amides is 1. The van der Waals surface area contributed by atoms with E-state index in [4.69, 9.17) is 27.5 Å². The van der Waals surface area contributed by atoms with E-state index in [1.165, 1.54) is 6.20 Å². The lowest BCUT2D eigenvalue weighted by Crippen LogP contribution is -2.33. The van der Waals surface area contributed by atoms with Gasteiger partial charge in [0, 0.05) is 18.8 Å². The van der Waals surface area contributed by atoms with Gasteiger partial charge in [-0.2, -0.15) is 0 Å². The van der Waals surface area contributed by atoms with Gasteiger partial charge in [0.25, 0.3) is 5.91 Å². The first-order chi connectivity index (χ1) is 11.5. The van der Waals surface area contributed by atoms with E-state index in [9.17, 15) is 4.79 Å². The highest BCUT2D eigenvalue weighted by Crippen LogP contribution is 2.18. The van der Waals surface area contributed by atoms with Crippen molar-refractivity contribution in [2.24, 2.45) is 5.73 Å². The number of rotatable bonds is 6. The number of allylic oxidation sites excluding steroid dienone is 1. The van der Waals surface area contributed by atoms with Crippen LogP contribution in [0.3, 0.4) is 0 Å². The van der Waals surface area contributed by atoms with Crippen LogP contribution >= 0.6 is 11.6 Å². The Hall–Kier alpha value is -1.96. The fraction of sp³-hybridized carbons (Fsp3) is 0.438. The highest BCUT2D eigenvalue weighted by atomic mass is 35.5. The van der Waals surface area contributed by atoms with Crippen molar-refractivity contribution in [2.45, 2.75) is 25.9 Å². The number of hydrogen-bond acceptors (Lipinski definition) is 6. The lowest BCUT2D eigenvalue weighted by molar-refractivity contribution is -0.110. The maximum atomic E-state index is 12.1. The predicted octanol–water partition coefficient (Wildman–Crippen LogP) is 1.91. The maximum Gasteiger partial charge on any atom is 0.275 e. The van der Waals surface area contributed by atoms with Crippen molar-refractivity contribution >= 4 is 28.9 Å². The summed E-state index contributed by atoms with van der Waals surface area (Å²) in [4.78, 5) is 16.4. The third-order valence-electron chi connectivity index (χ3n) is 3.55. The average molecular weight is 352 g/mol. The second kappa shape index (κ2) is 8.77. The number of ether oxygens (including phenoxy) is 1. The number of hydrogen-bond donors (Lipinski definition) is 4. The van der Waals surface area contributed by atoms with Crippen LogP contribution in [-0.4, -0.2) is 36.3 Å². The number of aromatic nitrogens is 1. The number of carbonyl (C=O) groups excluding carboxylic acids is 1. The van der Waals surface area contributed by atoms with E-state index in [2.05, 4.69) is 15.6 Å². The number of halogens is 1. The fourth-order valence-corrected chi connectivity index (χ4v) is 2.44. The largest absolute Gasteiger partial charge is 0.401 e. The summed E-state index contributed by atoms with van der Waals surface area (Å²) < 4.78 is 5.62. The third-order valence-corrected chi connectivity index (χ3v) is 3.98. The van der Waals surface area contributed by atoms with Crippen LogP contribution in [0, 0.1) is 5.41 Å². The van der Waals surface area contributed by atoms with Crippen molar-refractivity contribution in [1.82, 2.24) is 10.3 Å². The van der Waals surface area contributed by atoms with Crippen LogP contribution in [0.25, 0.3) is 0 Å². The molecule has 2 rings (SSSR count). The van der Waals surface area contributed by atoms with E-state index in [1.807, 2.05) is 6.92 Å². The van der Waals surface area contributed by atoms with Gasteiger partial charge in [-0.05, 0) is 18.6 Å². The summed E-state index contributed by atoms with van der Waals surface area (Å²) in [6, 6.07) is 3.51. The number of nitrogens with zero attached hydrogens (tertiary/aromatic N) is 1. The van der Waals surface area contributed by atoms with E-state index in [1.54, 1.807) is 12.1 Å². The molecule has 1 aliphatic rings. The molecule has 2 heterocycles. The highest BCUT2D eigenvalue weighted by molar-refractivity contribution is 6.60. The summed E-state index contributed by atoms with van der Waals surface area (Å²) in [5.41, 5.74) is 7.02. The normalized spacial score (nSPS) is 18.7. The third kappa shape index (κ3) is 4.77. The number of nitrogens with one attached hydrogen (secondary N) is 3. The van der Waals surface area contributed by atoms with Gasteiger partial charge in [0.15, 0.2) is 0 Å². The van der Waals surface area contributed by atoms with Crippen molar-refractivity contribution in [3.8, 4) is 0 Å². The first kappa shape index (κ1) is 18.4. The molecular weight excluding hydrogens is 330 g/mol.